The highest BCUT2D eigenvalue weighted by atomic mass is 16.6. The molecule has 0 heterocycles. The largest absolute Gasteiger partial charge is 0.490 e. The van der Waals surface area contributed by atoms with Gasteiger partial charge in [0.15, 0.2) is 0 Å². The van der Waals surface area contributed by atoms with Crippen LogP contribution in [-0.2, 0) is 16.0 Å². The van der Waals surface area contributed by atoms with E-state index >= 15 is 0 Å². The number of carbonyl (C=O) groups is 1. The number of allylic oxidation sites excluding steroid dienone is 1. The molecule has 0 aliphatic rings. The van der Waals surface area contributed by atoms with Crippen LogP contribution < -0.4 is 4.74 Å². The number of hydrogen-bond donors (Lipinski definition) is 0. The van der Waals surface area contributed by atoms with E-state index in [2.05, 4.69) is 19.1 Å². The first-order chi connectivity index (χ1) is 8.76. The Bertz CT molecular complexity index is 379. The summed E-state index contributed by atoms with van der Waals surface area (Å²) >= 11 is 0. The molecule has 0 aliphatic heterocycles. The summed E-state index contributed by atoms with van der Waals surface area (Å²) < 4.78 is 10.4. The fourth-order valence-corrected chi connectivity index (χ4v) is 1.53. The number of carbonyl (C=O) groups excluding carboxylic acids is 1. The lowest BCUT2D eigenvalue weighted by atomic mass is 10.1. The molecule has 1 rings (SSSR count). The van der Waals surface area contributed by atoms with Crippen molar-refractivity contribution < 1.29 is 14.3 Å². The van der Waals surface area contributed by atoms with Gasteiger partial charge in [0.2, 0.25) is 0 Å². The minimum Gasteiger partial charge on any atom is -0.490 e. The van der Waals surface area contributed by atoms with E-state index in [1.54, 1.807) is 13.0 Å². The van der Waals surface area contributed by atoms with Crippen LogP contribution in [0.4, 0.5) is 0 Å². The fourth-order valence-electron chi connectivity index (χ4n) is 1.53. The maximum absolute atomic E-state index is 11.0. The van der Waals surface area contributed by atoms with E-state index in [0.29, 0.717) is 6.61 Å². The molecule has 0 saturated heterocycles. The molecule has 0 fully saturated rings. The Kier molecular flexibility index (Phi) is 6.62. The summed E-state index contributed by atoms with van der Waals surface area (Å²) in [6.07, 6.45) is 5.26. The molecule has 1 aromatic carbocycles. The molecule has 0 bridgehead atoms. The standard InChI is InChI=1S/C15H20O3/c1-3-5-13-7-9-14(10-8-13)17-11-12-18-15(16)6-4-2/h4,6-10H,3,5,11-12H2,1-2H3. The first kappa shape index (κ1) is 14.3. The van der Waals surface area contributed by atoms with Gasteiger partial charge < -0.3 is 9.47 Å². The molecule has 0 atom stereocenters. The van der Waals surface area contributed by atoms with Crippen molar-refractivity contribution >= 4 is 5.97 Å². The van der Waals surface area contributed by atoms with Gasteiger partial charge in [-0.05, 0) is 31.0 Å². The summed E-state index contributed by atoms with van der Waals surface area (Å²) in [5.74, 6) is 0.469. The van der Waals surface area contributed by atoms with Crippen LogP contribution in [0.1, 0.15) is 25.8 Å². The Morgan fingerprint density at radius 2 is 1.94 bits per heavy atom. The predicted octanol–water partition coefficient (Wildman–Crippen LogP) is 3.14. The van der Waals surface area contributed by atoms with E-state index in [4.69, 9.17) is 9.47 Å². The number of esters is 1. The van der Waals surface area contributed by atoms with Gasteiger partial charge in [0, 0.05) is 6.08 Å². The lowest BCUT2D eigenvalue weighted by Gasteiger charge is -2.07. The van der Waals surface area contributed by atoms with Crippen LogP contribution in [0.15, 0.2) is 36.4 Å². The van der Waals surface area contributed by atoms with Crippen LogP contribution >= 0.6 is 0 Å². The zero-order valence-electron chi connectivity index (χ0n) is 11.0. The molecule has 0 aromatic heterocycles. The second kappa shape index (κ2) is 8.34. The molecule has 3 nitrogen and oxygen atoms in total. The summed E-state index contributed by atoms with van der Waals surface area (Å²) in [7, 11) is 0. The third-order valence-corrected chi connectivity index (χ3v) is 2.36. The molecule has 0 N–H and O–H groups in total. The van der Waals surface area contributed by atoms with Crippen molar-refractivity contribution in [2.75, 3.05) is 13.2 Å². The highest BCUT2D eigenvalue weighted by Crippen LogP contribution is 2.13. The number of benzene rings is 1. The SMILES string of the molecule is CC=CC(=O)OCCOc1ccc(CCC)cc1. The first-order valence-corrected chi connectivity index (χ1v) is 6.27. The van der Waals surface area contributed by atoms with Gasteiger partial charge in [-0.25, -0.2) is 4.79 Å². The fraction of sp³-hybridized carbons (Fsp3) is 0.400. The maximum Gasteiger partial charge on any atom is 0.330 e. The van der Waals surface area contributed by atoms with Crippen molar-refractivity contribution in [1.82, 2.24) is 0 Å². The number of hydrogen-bond acceptors (Lipinski definition) is 3. The van der Waals surface area contributed by atoms with Gasteiger partial charge in [0.1, 0.15) is 19.0 Å². The molecule has 98 valence electrons. The van der Waals surface area contributed by atoms with Crippen LogP contribution in [0, 0.1) is 0 Å². The number of ether oxygens (including phenoxy) is 2. The highest BCUT2D eigenvalue weighted by Gasteiger charge is 1.98. The lowest BCUT2D eigenvalue weighted by molar-refractivity contribution is -0.138. The zero-order valence-corrected chi connectivity index (χ0v) is 11.0. The van der Waals surface area contributed by atoms with Gasteiger partial charge >= 0.3 is 5.97 Å². The van der Waals surface area contributed by atoms with Gasteiger partial charge in [-0.2, -0.15) is 0 Å². The maximum atomic E-state index is 11.0. The molecule has 18 heavy (non-hydrogen) atoms. The van der Waals surface area contributed by atoms with Crippen LogP contribution in [0.2, 0.25) is 0 Å². The van der Waals surface area contributed by atoms with E-state index in [1.165, 1.54) is 11.6 Å². The van der Waals surface area contributed by atoms with Gasteiger partial charge in [0.25, 0.3) is 0 Å². The zero-order chi connectivity index (χ0) is 13.2. The normalized spacial score (nSPS) is 10.6. The summed E-state index contributed by atoms with van der Waals surface area (Å²) in [6.45, 7) is 4.56. The summed E-state index contributed by atoms with van der Waals surface area (Å²) in [5.41, 5.74) is 1.31. The van der Waals surface area contributed by atoms with Crippen molar-refractivity contribution in [3.8, 4) is 5.75 Å². The summed E-state index contributed by atoms with van der Waals surface area (Å²) in [5, 5.41) is 0. The molecular weight excluding hydrogens is 228 g/mol. The third kappa shape index (κ3) is 5.53. The molecule has 0 amide bonds. The molecular formula is C15H20O3. The second-order valence-electron chi connectivity index (χ2n) is 3.91. The minimum atomic E-state index is -0.334. The van der Waals surface area contributed by atoms with E-state index in [-0.39, 0.29) is 12.6 Å². The smallest absolute Gasteiger partial charge is 0.330 e. The minimum absolute atomic E-state index is 0.264. The first-order valence-electron chi connectivity index (χ1n) is 6.27. The number of aryl methyl sites for hydroxylation is 1. The van der Waals surface area contributed by atoms with E-state index in [9.17, 15) is 4.79 Å². The van der Waals surface area contributed by atoms with Crippen molar-refractivity contribution in [2.24, 2.45) is 0 Å². The van der Waals surface area contributed by atoms with Crippen LogP contribution in [0.3, 0.4) is 0 Å². The Morgan fingerprint density at radius 3 is 2.56 bits per heavy atom. The quantitative estimate of drug-likeness (QED) is 0.422. The number of rotatable bonds is 7. The predicted molar refractivity (Wildman–Crippen MR) is 71.7 cm³/mol. The molecule has 1 aromatic rings. The topological polar surface area (TPSA) is 35.5 Å². The molecule has 0 saturated carbocycles. The van der Waals surface area contributed by atoms with Gasteiger partial charge in [0.05, 0.1) is 0 Å². The average Bonchev–Trinajstić information content (AvgIpc) is 2.37. The Balaban J connectivity index is 2.25. The molecule has 0 radical (unpaired) electrons. The summed E-state index contributed by atoms with van der Waals surface area (Å²) in [6, 6.07) is 8.01. The van der Waals surface area contributed by atoms with Crippen LogP contribution in [0.5, 0.6) is 5.75 Å². The van der Waals surface area contributed by atoms with Crippen LogP contribution in [0.25, 0.3) is 0 Å². The van der Waals surface area contributed by atoms with Crippen LogP contribution in [-0.4, -0.2) is 19.2 Å². The summed E-state index contributed by atoms with van der Waals surface area (Å²) in [4.78, 5) is 11.0. The van der Waals surface area contributed by atoms with Gasteiger partial charge in [-0.1, -0.05) is 31.6 Å². The van der Waals surface area contributed by atoms with E-state index in [1.807, 2.05) is 12.1 Å². The van der Waals surface area contributed by atoms with E-state index in [0.717, 1.165) is 18.6 Å². The van der Waals surface area contributed by atoms with Gasteiger partial charge in [-0.3, -0.25) is 0 Å². The van der Waals surface area contributed by atoms with Crippen molar-refractivity contribution in [3.63, 3.8) is 0 Å². The Labute approximate surface area is 108 Å². The highest BCUT2D eigenvalue weighted by molar-refractivity contribution is 5.81. The second-order valence-corrected chi connectivity index (χ2v) is 3.91. The van der Waals surface area contributed by atoms with Crippen molar-refractivity contribution in [2.45, 2.75) is 26.7 Å². The Morgan fingerprint density at radius 1 is 1.22 bits per heavy atom. The monoisotopic (exact) mass is 248 g/mol. The van der Waals surface area contributed by atoms with Gasteiger partial charge in [-0.15, -0.1) is 0 Å². The van der Waals surface area contributed by atoms with E-state index < -0.39 is 0 Å². The Hall–Kier alpha value is -1.77. The molecule has 0 aliphatic carbocycles. The lowest BCUT2D eigenvalue weighted by Crippen LogP contribution is -2.10. The average molecular weight is 248 g/mol. The molecule has 3 heteroatoms. The molecule has 0 spiro atoms. The third-order valence-electron chi connectivity index (χ3n) is 2.36. The van der Waals surface area contributed by atoms with Crippen molar-refractivity contribution in [3.05, 3.63) is 42.0 Å². The van der Waals surface area contributed by atoms with Crippen molar-refractivity contribution in [1.29, 1.82) is 0 Å². The molecule has 0 unspecified atom stereocenters.